The molecule has 2 amide bonds. The maximum absolute atomic E-state index is 13.6. The molecule has 7 rings (SSSR count). The number of aromatic nitrogens is 3. The molecule has 0 aliphatic carbocycles. The first-order valence-electron chi connectivity index (χ1n) is 13.9. The van der Waals surface area contributed by atoms with Gasteiger partial charge in [0, 0.05) is 10.8 Å². The van der Waals surface area contributed by atoms with Gasteiger partial charge in [0.2, 0.25) is 0 Å². The average molecular weight is 580 g/mol. The summed E-state index contributed by atoms with van der Waals surface area (Å²) < 4.78 is 11.5. The maximum atomic E-state index is 13.6. The van der Waals surface area contributed by atoms with E-state index in [-0.39, 0.29) is 23.5 Å². The molecule has 9 nitrogen and oxygen atoms in total. The van der Waals surface area contributed by atoms with Crippen molar-refractivity contribution in [3.63, 3.8) is 0 Å². The Balaban J connectivity index is 1.17. The summed E-state index contributed by atoms with van der Waals surface area (Å²) in [6, 6.07) is 30.6. The molecule has 0 spiro atoms. The van der Waals surface area contributed by atoms with Crippen LogP contribution in [0.5, 0.6) is 0 Å². The van der Waals surface area contributed by atoms with Gasteiger partial charge in [-0.3, -0.25) is 9.59 Å². The van der Waals surface area contributed by atoms with Gasteiger partial charge >= 0.3 is 0 Å². The summed E-state index contributed by atoms with van der Waals surface area (Å²) in [7, 11) is 0. The molecule has 5 heterocycles. The van der Waals surface area contributed by atoms with E-state index < -0.39 is 0 Å². The van der Waals surface area contributed by atoms with Gasteiger partial charge in [0.15, 0.2) is 11.5 Å². The zero-order chi connectivity index (χ0) is 30.2. The first kappa shape index (κ1) is 26.8. The zero-order valence-corrected chi connectivity index (χ0v) is 23.8. The second kappa shape index (κ2) is 11.0. The van der Waals surface area contributed by atoms with Crippen molar-refractivity contribution in [2.24, 2.45) is 0 Å². The van der Waals surface area contributed by atoms with E-state index in [1.54, 1.807) is 30.3 Å². The Hall–Kier alpha value is -6.09. The average Bonchev–Trinajstić information content (AvgIpc) is 3.68. The Morgan fingerprint density at radius 2 is 1.00 bits per heavy atom. The Kier molecular flexibility index (Phi) is 6.67. The van der Waals surface area contributed by atoms with Crippen LogP contribution in [-0.4, -0.2) is 26.8 Å². The Bertz CT molecular complexity index is 2060. The zero-order valence-electron chi connectivity index (χ0n) is 23.8. The summed E-state index contributed by atoms with van der Waals surface area (Å²) in [5, 5.41) is 7.11. The fraction of sp³-hybridized carbons (Fsp3) is 0.0571. The molecule has 44 heavy (non-hydrogen) atoms. The lowest BCUT2D eigenvalue weighted by atomic mass is 10.1. The van der Waals surface area contributed by atoms with Crippen molar-refractivity contribution in [1.82, 2.24) is 15.0 Å². The summed E-state index contributed by atoms with van der Waals surface area (Å²) in [6.45, 7) is 3.71. The molecule has 0 saturated heterocycles. The summed E-state index contributed by atoms with van der Waals surface area (Å²) >= 11 is 0. The van der Waals surface area contributed by atoms with E-state index in [0.717, 1.165) is 11.5 Å². The molecule has 7 aromatic rings. The molecule has 0 unspecified atom stereocenters. The Morgan fingerprint density at radius 3 is 1.43 bits per heavy atom. The fourth-order valence-corrected chi connectivity index (χ4v) is 5.06. The van der Waals surface area contributed by atoms with Gasteiger partial charge in [-0.15, -0.1) is 0 Å². The fourth-order valence-electron chi connectivity index (χ4n) is 5.06. The van der Waals surface area contributed by atoms with Crippen LogP contribution in [0, 0.1) is 13.8 Å². The van der Waals surface area contributed by atoms with Gasteiger partial charge in [0.1, 0.15) is 34.5 Å². The van der Waals surface area contributed by atoms with Gasteiger partial charge in [0.05, 0.1) is 22.2 Å². The molecule has 5 aromatic heterocycles. The van der Waals surface area contributed by atoms with Gasteiger partial charge < -0.3 is 19.5 Å². The van der Waals surface area contributed by atoms with Crippen LogP contribution in [0.2, 0.25) is 0 Å². The number of furan rings is 2. The molecule has 0 bridgehead atoms. The first-order chi connectivity index (χ1) is 21.4. The number of amides is 2. The first-order valence-corrected chi connectivity index (χ1v) is 13.9. The van der Waals surface area contributed by atoms with Crippen molar-refractivity contribution >= 4 is 45.3 Å². The molecule has 0 atom stereocenters. The Morgan fingerprint density at radius 1 is 0.545 bits per heavy atom. The molecule has 2 aromatic carbocycles. The van der Waals surface area contributed by atoms with E-state index in [1.165, 1.54) is 0 Å². The van der Waals surface area contributed by atoms with Crippen LogP contribution in [0.3, 0.4) is 0 Å². The maximum Gasteiger partial charge on any atom is 0.257 e. The van der Waals surface area contributed by atoms with Gasteiger partial charge in [0.25, 0.3) is 11.8 Å². The predicted molar refractivity (Wildman–Crippen MR) is 169 cm³/mol. The monoisotopic (exact) mass is 579 g/mol. The van der Waals surface area contributed by atoms with E-state index in [0.29, 0.717) is 55.8 Å². The number of benzene rings is 2. The highest BCUT2D eigenvalue weighted by Crippen LogP contribution is 2.28. The largest absolute Gasteiger partial charge is 0.460 e. The second-order valence-corrected chi connectivity index (χ2v) is 10.3. The molecule has 0 fully saturated rings. The molecular weight excluding hydrogens is 554 g/mol. The summed E-state index contributed by atoms with van der Waals surface area (Å²) in [5.41, 5.74) is 3.24. The molecule has 214 valence electrons. The molecule has 0 aliphatic rings. The minimum absolute atomic E-state index is 0.274. The third kappa shape index (κ3) is 5.18. The van der Waals surface area contributed by atoms with E-state index in [9.17, 15) is 9.59 Å². The molecule has 0 saturated carbocycles. The molecule has 0 radical (unpaired) electrons. The van der Waals surface area contributed by atoms with E-state index >= 15 is 0 Å². The summed E-state index contributed by atoms with van der Waals surface area (Å²) in [6.07, 6.45) is 0. The number of carbonyl (C=O) groups excluding carboxylic acids is 2. The minimum Gasteiger partial charge on any atom is -0.460 e. The molecule has 0 aliphatic heterocycles. The number of hydrogen-bond acceptors (Lipinski definition) is 7. The normalized spacial score (nSPS) is 11.1. The number of rotatable bonds is 6. The van der Waals surface area contributed by atoms with Crippen LogP contribution in [0.15, 0.2) is 112 Å². The van der Waals surface area contributed by atoms with E-state index in [2.05, 4.69) is 25.6 Å². The topological polar surface area (TPSA) is 123 Å². The van der Waals surface area contributed by atoms with Crippen molar-refractivity contribution in [2.45, 2.75) is 13.8 Å². The van der Waals surface area contributed by atoms with E-state index in [4.69, 9.17) is 8.83 Å². The van der Waals surface area contributed by atoms with Crippen molar-refractivity contribution < 1.29 is 18.4 Å². The van der Waals surface area contributed by atoms with Crippen molar-refractivity contribution in [1.29, 1.82) is 0 Å². The lowest BCUT2D eigenvalue weighted by Gasteiger charge is -2.12. The lowest BCUT2D eigenvalue weighted by Crippen LogP contribution is -2.17. The Labute approximate surface area is 251 Å². The SMILES string of the molecule is Cc1ccc(-c2cc(C(=O)Nc3cccc(NC(=O)c4cc(-c5ccc(C)o5)nc5ccccc45)n3)c3ccccc3n2)o1. The highest BCUT2D eigenvalue weighted by Gasteiger charge is 2.18. The van der Waals surface area contributed by atoms with Crippen molar-refractivity contribution in [3.8, 4) is 22.9 Å². The van der Waals surface area contributed by atoms with Crippen LogP contribution >= 0.6 is 0 Å². The van der Waals surface area contributed by atoms with Crippen LogP contribution in [0.1, 0.15) is 32.2 Å². The van der Waals surface area contributed by atoms with Gasteiger partial charge in [-0.1, -0.05) is 42.5 Å². The number of nitrogens with zero attached hydrogens (tertiary/aromatic N) is 3. The number of anilines is 2. The molecular formula is C35H25N5O4. The number of nitrogens with one attached hydrogen (secondary N) is 2. The number of aryl methyl sites for hydroxylation is 2. The summed E-state index contributed by atoms with van der Waals surface area (Å²) in [5.74, 6) is 2.43. The van der Waals surface area contributed by atoms with Gasteiger partial charge in [-0.2, -0.15) is 0 Å². The lowest BCUT2D eigenvalue weighted by molar-refractivity contribution is 0.102. The van der Waals surface area contributed by atoms with Crippen LogP contribution in [-0.2, 0) is 0 Å². The third-order valence-electron chi connectivity index (χ3n) is 7.14. The van der Waals surface area contributed by atoms with Crippen molar-refractivity contribution in [3.05, 3.63) is 126 Å². The number of pyridine rings is 3. The number of fused-ring (bicyclic) bond motifs is 2. The standard InChI is InChI=1S/C35H25N5O4/c1-20-14-16-30(43-20)28-18-24(22-8-3-5-10-26(22)36-28)34(41)39-32-12-7-13-33(38-32)40-35(42)25-19-29(31-17-15-21(2)44-31)37-27-11-6-4-9-23(25)27/h3-19H,1-2H3,(H2,38,39,40,41,42). The quantitative estimate of drug-likeness (QED) is 0.206. The third-order valence-corrected chi connectivity index (χ3v) is 7.14. The van der Waals surface area contributed by atoms with Crippen LogP contribution in [0.25, 0.3) is 44.7 Å². The highest BCUT2D eigenvalue weighted by molar-refractivity contribution is 6.14. The molecule has 9 heteroatoms. The highest BCUT2D eigenvalue weighted by atomic mass is 16.3. The van der Waals surface area contributed by atoms with Gasteiger partial charge in [-0.05, 0) is 74.5 Å². The van der Waals surface area contributed by atoms with Crippen LogP contribution in [0.4, 0.5) is 11.6 Å². The molecule has 2 N–H and O–H groups in total. The van der Waals surface area contributed by atoms with Gasteiger partial charge in [-0.25, -0.2) is 15.0 Å². The predicted octanol–water partition coefficient (Wildman–Crippen LogP) is 7.82. The van der Waals surface area contributed by atoms with Crippen molar-refractivity contribution in [2.75, 3.05) is 10.6 Å². The smallest absolute Gasteiger partial charge is 0.257 e. The summed E-state index contributed by atoms with van der Waals surface area (Å²) in [4.78, 5) is 41.0. The minimum atomic E-state index is -0.373. The number of carbonyl (C=O) groups is 2. The number of hydrogen-bond donors (Lipinski definition) is 2. The number of para-hydroxylation sites is 2. The van der Waals surface area contributed by atoms with Crippen LogP contribution < -0.4 is 10.6 Å². The van der Waals surface area contributed by atoms with E-state index in [1.807, 2.05) is 86.6 Å². The second-order valence-electron chi connectivity index (χ2n) is 10.3.